The number of aliphatic hydroxyl groups is 1. The van der Waals surface area contributed by atoms with Gasteiger partial charge in [0.25, 0.3) is 5.91 Å². The van der Waals surface area contributed by atoms with E-state index in [0.29, 0.717) is 13.0 Å². The number of imidazole rings is 1. The zero-order chi connectivity index (χ0) is 16.8. The minimum atomic E-state index is -0.553. The van der Waals surface area contributed by atoms with Crippen molar-refractivity contribution in [2.45, 2.75) is 44.2 Å². The number of aliphatic hydroxyl groups excluding tert-OH is 1. The number of carbonyl (C=O) groups excluding carboxylic acids is 1. The third-order valence-electron chi connectivity index (χ3n) is 3.74. The lowest BCUT2D eigenvalue weighted by Gasteiger charge is -2.11. The van der Waals surface area contributed by atoms with Gasteiger partial charge < -0.3 is 15.4 Å². The largest absolute Gasteiger partial charge is 0.391 e. The Hall–Kier alpha value is -1.79. The summed E-state index contributed by atoms with van der Waals surface area (Å²) in [7, 11) is 0. The molecular weight excluding hydrogens is 310 g/mol. The molecule has 2 aromatic rings. The minimum Gasteiger partial charge on any atom is -0.391 e. The number of aromatic nitrogens is 2. The van der Waals surface area contributed by atoms with E-state index in [1.165, 1.54) is 22.3 Å². The number of hydrogen-bond donors (Lipinski definition) is 2. The van der Waals surface area contributed by atoms with Gasteiger partial charge in [0.2, 0.25) is 0 Å². The van der Waals surface area contributed by atoms with Crippen molar-refractivity contribution in [3.8, 4) is 0 Å². The van der Waals surface area contributed by atoms with Gasteiger partial charge in [-0.15, -0.1) is 11.8 Å². The molecule has 1 amide bonds. The molecule has 0 radical (unpaired) electrons. The molecule has 1 atom stereocenters. The lowest BCUT2D eigenvalue weighted by molar-refractivity contribution is 0.0995. The number of carbonyl (C=O) groups is 1. The van der Waals surface area contributed by atoms with Crippen LogP contribution in [0.4, 0.5) is 0 Å². The molecule has 3 N–H and O–H groups in total. The summed E-state index contributed by atoms with van der Waals surface area (Å²) < 4.78 is 1.70. The number of rotatable bonds is 8. The minimum absolute atomic E-state index is 0.225. The molecule has 0 aliphatic carbocycles. The van der Waals surface area contributed by atoms with Crippen molar-refractivity contribution >= 4 is 17.7 Å². The normalized spacial score (nSPS) is 12.3. The molecule has 1 aromatic carbocycles. The summed E-state index contributed by atoms with van der Waals surface area (Å²) in [5.74, 6) is 0.416. The number of aryl methyl sites for hydroxylation is 2. The Balaban J connectivity index is 1.70. The predicted molar refractivity (Wildman–Crippen MR) is 92.6 cm³/mol. The molecule has 0 saturated carbocycles. The maximum absolute atomic E-state index is 11.0. The Bertz CT molecular complexity index is 670. The maximum atomic E-state index is 11.0. The highest BCUT2D eigenvalue weighted by molar-refractivity contribution is 7.99. The number of nitrogens with zero attached hydrogens (tertiary/aromatic N) is 2. The molecule has 0 aliphatic heterocycles. The van der Waals surface area contributed by atoms with Gasteiger partial charge in [0.15, 0.2) is 0 Å². The fraction of sp³-hybridized carbons (Fsp3) is 0.412. The van der Waals surface area contributed by atoms with Gasteiger partial charge in [0, 0.05) is 17.6 Å². The maximum Gasteiger partial charge on any atom is 0.268 e. The summed E-state index contributed by atoms with van der Waals surface area (Å²) in [4.78, 5) is 16.1. The molecule has 0 bridgehead atoms. The highest BCUT2D eigenvalue weighted by Gasteiger charge is 2.09. The van der Waals surface area contributed by atoms with E-state index >= 15 is 0 Å². The second kappa shape index (κ2) is 8.17. The van der Waals surface area contributed by atoms with Gasteiger partial charge in [0.1, 0.15) is 5.69 Å². The smallest absolute Gasteiger partial charge is 0.268 e. The number of primary amides is 1. The van der Waals surface area contributed by atoms with Gasteiger partial charge in [-0.05, 0) is 55.7 Å². The quantitative estimate of drug-likeness (QED) is 0.574. The molecule has 124 valence electrons. The van der Waals surface area contributed by atoms with Crippen LogP contribution in [0.25, 0.3) is 0 Å². The Morgan fingerprint density at radius 1 is 1.39 bits per heavy atom. The molecule has 0 unspecified atom stereocenters. The van der Waals surface area contributed by atoms with E-state index in [9.17, 15) is 9.90 Å². The van der Waals surface area contributed by atoms with Crippen molar-refractivity contribution < 1.29 is 9.90 Å². The Labute approximate surface area is 140 Å². The van der Waals surface area contributed by atoms with E-state index in [2.05, 4.69) is 37.0 Å². The van der Waals surface area contributed by atoms with Crippen LogP contribution in [0.2, 0.25) is 0 Å². The summed E-state index contributed by atoms with van der Waals surface area (Å²) in [6, 6.07) is 6.48. The van der Waals surface area contributed by atoms with Crippen LogP contribution in [-0.2, 0) is 6.54 Å². The third-order valence-corrected chi connectivity index (χ3v) is 4.82. The van der Waals surface area contributed by atoms with Crippen LogP contribution >= 0.6 is 11.8 Å². The first kappa shape index (κ1) is 17.6. The number of benzene rings is 1. The van der Waals surface area contributed by atoms with E-state index in [4.69, 9.17) is 5.73 Å². The van der Waals surface area contributed by atoms with Gasteiger partial charge in [0.05, 0.1) is 12.4 Å². The molecular formula is C17H23N3O2S. The molecule has 0 aliphatic rings. The Kier molecular flexibility index (Phi) is 6.24. The van der Waals surface area contributed by atoms with Crippen LogP contribution in [-0.4, -0.2) is 32.4 Å². The van der Waals surface area contributed by atoms with Gasteiger partial charge >= 0.3 is 0 Å². The molecule has 0 spiro atoms. The summed E-state index contributed by atoms with van der Waals surface area (Å²) >= 11 is 1.81. The molecule has 1 heterocycles. The van der Waals surface area contributed by atoms with Crippen LogP contribution in [0.3, 0.4) is 0 Å². The van der Waals surface area contributed by atoms with Crippen molar-refractivity contribution in [2.75, 3.05) is 5.75 Å². The van der Waals surface area contributed by atoms with Gasteiger partial charge in [-0.2, -0.15) is 0 Å². The first-order valence-electron chi connectivity index (χ1n) is 7.65. The fourth-order valence-corrected chi connectivity index (χ4v) is 3.21. The third kappa shape index (κ3) is 5.41. The molecule has 23 heavy (non-hydrogen) atoms. The summed E-state index contributed by atoms with van der Waals surface area (Å²) in [5, 5.41) is 10.1. The van der Waals surface area contributed by atoms with E-state index in [-0.39, 0.29) is 5.69 Å². The average Bonchev–Trinajstić information content (AvgIpc) is 2.96. The average molecular weight is 333 g/mol. The SMILES string of the molecule is Cc1ccc(SCCC[C@H](O)Cn2cnc(C(N)=O)c2)cc1C. The lowest BCUT2D eigenvalue weighted by Crippen LogP contribution is -2.15. The van der Waals surface area contributed by atoms with Crippen molar-refractivity contribution in [3.05, 3.63) is 47.5 Å². The van der Waals surface area contributed by atoms with Gasteiger partial charge in [-0.1, -0.05) is 6.07 Å². The Morgan fingerprint density at radius 3 is 2.83 bits per heavy atom. The van der Waals surface area contributed by atoms with Gasteiger partial charge in [-0.3, -0.25) is 4.79 Å². The molecule has 2 rings (SSSR count). The van der Waals surface area contributed by atoms with Crippen LogP contribution in [0.5, 0.6) is 0 Å². The Morgan fingerprint density at radius 2 is 2.17 bits per heavy atom. The predicted octanol–water partition coefficient (Wildman–Crippen LogP) is 2.53. The van der Waals surface area contributed by atoms with Crippen molar-refractivity contribution in [3.63, 3.8) is 0 Å². The molecule has 0 saturated heterocycles. The standard InChI is InChI=1S/C17H23N3O2S/c1-12-5-6-15(8-13(12)2)23-7-3-4-14(21)9-20-10-16(17(18)22)19-11-20/h5-6,8,10-11,14,21H,3-4,7,9H2,1-2H3,(H2,18,22)/t14-/m0/s1. The first-order valence-corrected chi connectivity index (χ1v) is 8.64. The number of nitrogens with two attached hydrogens (primary N) is 1. The van der Waals surface area contributed by atoms with E-state index in [1.54, 1.807) is 10.8 Å². The molecule has 1 aromatic heterocycles. The van der Waals surface area contributed by atoms with Crippen molar-refractivity contribution in [2.24, 2.45) is 5.73 Å². The van der Waals surface area contributed by atoms with Crippen molar-refractivity contribution in [1.29, 1.82) is 0 Å². The van der Waals surface area contributed by atoms with Crippen LogP contribution < -0.4 is 5.73 Å². The highest BCUT2D eigenvalue weighted by Crippen LogP contribution is 2.22. The zero-order valence-electron chi connectivity index (χ0n) is 13.5. The second-order valence-corrected chi connectivity index (χ2v) is 6.88. The first-order chi connectivity index (χ1) is 11.0. The van der Waals surface area contributed by atoms with E-state index < -0.39 is 12.0 Å². The van der Waals surface area contributed by atoms with Crippen LogP contribution in [0, 0.1) is 13.8 Å². The molecule has 5 nitrogen and oxygen atoms in total. The van der Waals surface area contributed by atoms with Crippen LogP contribution in [0.15, 0.2) is 35.6 Å². The van der Waals surface area contributed by atoms with E-state index in [0.717, 1.165) is 12.2 Å². The zero-order valence-corrected chi connectivity index (χ0v) is 14.3. The van der Waals surface area contributed by atoms with Gasteiger partial charge in [-0.25, -0.2) is 4.98 Å². The number of thioether (sulfide) groups is 1. The summed E-state index contributed by atoms with van der Waals surface area (Å²) in [6.45, 7) is 4.66. The topological polar surface area (TPSA) is 81.1 Å². The summed E-state index contributed by atoms with van der Waals surface area (Å²) in [6.07, 6.45) is 4.27. The second-order valence-electron chi connectivity index (χ2n) is 5.71. The van der Waals surface area contributed by atoms with E-state index in [1.807, 2.05) is 11.8 Å². The number of amides is 1. The highest BCUT2D eigenvalue weighted by atomic mass is 32.2. The monoisotopic (exact) mass is 333 g/mol. The summed E-state index contributed by atoms with van der Waals surface area (Å²) in [5.41, 5.74) is 7.99. The van der Waals surface area contributed by atoms with Crippen LogP contribution in [0.1, 0.15) is 34.5 Å². The lowest BCUT2D eigenvalue weighted by atomic mass is 10.1. The van der Waals surface area contributed by atoms with Crippen molar-refractivity contribution in [1.82, 2.24) is 9.55 Å². The molecule has 6 heteroatoms. The molecule has 0 fully saturated rings. The number of hydrogen-bond acceptors (Lipinski definition) is 4. The fourth-order valence-electron chi connectivity index (χ4n) is 2.23.